The van der Waals surface area contributed by atoms with Crippen LogP contribution in [0, 0.1) is 5.21 Å². The van der Waals surface area contributed by atoms with Gasteiger partial charge in [0.15, 0.2) is 19.0 Å². The van der Waals surface area contributed by atoms with Gasteiger partial charge in [-0.2, -0.15) is 4.73 Å². The number of esters is 1. The fourth-order valence-corrected chi connectivity index (χ4v) is 1.65. The first-order valence-electron chi connectivity index (χ1n) is 6.25. The molecule has 1 aromatic heterocycles. The Labute approximate surface area is 121 Å². The van der Waals surface area contributed by atoms with Gasteiger partial charge in [-0.15, -0.1) is 0 Å². The van der Waals surface area contributed by atoms with Crippen LogP contribution in [0.5, 0.6) is 0 Å². The van der Waals surface area contributed by atoms with E-state index >= 15 is 0 Å². The number of pyridine rings is 1. The van der Waals surface area contributed by atoms with Crippen LogP contribution in [0.2, 0.25) is 0 Å². The lowest BCUT2D eigenvalue weighted by molar-refractivity contribution is -0.605. The van der Waals surface area contributed by atoms with Crippen molar-refractivity contribution in [2.24, 2.45) is 0 Å². The van der Waals surface area contributed by atoms with Crippen LogP contribution in [0.4, 0.5) is 5.69 Å². The number of benzene rings is 1. The number of hydrogen-bond donors (Lipinski definition) is 0. The van der Waals surface area contributed by atoms with Crippen molar-refractivity contribution in [3.05, 3.63) is 65.6 Å². The van der Waals surface area contributed by atoms with Gasteiger partial charge in [0, 0.05) is 24.9 Å². The molecule has 2 aromatic rings. The summed E-state index contributed by atoms with van der Waals surface area (Å²) in [4.78, 5) is 25.0. The van der Waals surface area contributed by atoms with E-state index in [-0.39, 0.29) is 18.1 Å². The Morgan fingerprint density at radius 1 is 1.14 bits per heavy atom. The van der Waals surface area contributed by atoms with Crippen molar-refractivity contribution in [1.29, 1.82) is 0 Å². The van der Waals surface area contributed by atoms with E-state index < -0.39 is 5.97 Å². The maximum Gasteiger partial charge on any atom is 0.339 e. The molecule has 0 aliphatic carbocycles. The van der Waals surface area contributed by atoms with E-state index in [1.807, 2.05) is 18.2 Å². The Morgan fingerprint density at radius 2 is 1.76 bits per heavy atom. The van der Waals surface area contributed by atoms with Crippen LogP contribution in [0.25, 0.3) is 0 Å². The summed E-state index contributed by atoms with van der Waals surface area (Å²) in [6, 6.07) is 11.7. The summed E-state index contributed by atoms with van der Waals surface area (Å²) in [6.07, 6.45) is 2.38. The Kier molecular flexibility index (Phi) is 4.50. The fraction of sp³-hybridized carbons (Fsp3) is 0.133. The average molecular weight is 286 g/mol. The van der Waals surface area contributed by atoms with Gasteiger partial charge < -0.3 is 14.8 Å². The second-order valence-electron chi connectivity index (χ2n) is 4.31. The van der Waals surface area contributed by atoms with E-state index in [2.05, 4.69) is 0 Å². The number of carbonyl (C=O) groups excluding carboxylic acids is 2. The molecule has 0 unspecified atom stereocenters. The van der Waals surface area contributed by atoms with Crippen LogP contribution in [0.1, 0.15) is 10.4 Å². The summed E-state index contributed by atoms with van der Waals surface area (Å²) in [5.74, 6) is -0.991. The zero-order chi connectivity index (χ0) is 15.2. The molecular weight excluding hydrogens is 272 g/mol. The molecule has 0 spiro atoms. The number of aromatic nitrogens is 1. The van der Waals surface area contributed by atoms with Crippen LogP contribution in [-0.2, 0) is 9.53 Å². The SMILES string of the molecule is CN(C(=O)COC(=O)c1cc[n+]([O-])cc1)c1ccccc1. The molecule has 108 valence electrons. The monoisotopic (exact) mass is 286 g/mol. The van der Waals surface area contributed by atoms with Crippen LogP contribution in [-0.4, -0.2) is 25.5 Å². The predicted molar refractivity (Wildman–Crippen MR) is 75.5 cm³/mol. The Balaban J connectivity index is 1.92. The lowest BCUT2D eigenvalue weighted by Crippen LogP contribution is -2.31. The second kappa shape index (κ2) is 6.51. The molecule has 0 saturated heterocycles. The third-order valence-corrected chi connectivity index (χ3v) is 2.88. The topological polar surface area (TPSA) is 73.5 Å². The van der Waals surface area contributed by atoms with Gasteiger partial charge in [0.05, 0.1) is 5.56 Å². The molecule has 1 aromatic carbocycles. The summed E-state index contributed by atoms with van der Waals surface area (Å²) in [7, 11) is 1.61. The first-order valence-corrected chi connectivity index (χ1v) is 6.25. The van der Waals surface area contributed by atoms with Crippen molar-refractivity contribution in [2.75, 3.05) is 18.6 Å². The Bertz CT molecular complexity index is 626. The molecule has 0 bridgehead atoms. The van der Waals surface area contributed by atoms with E-state index in [1.165, 1.54) is 29.4 Å². The van der Waals surface area contributed by atoms with E-state index in [1.54, 1.807) is 19.2 Å². The number of rotatable bonds is 4. The van der Waals surface area contributed by atoms with E-state index in [4.69, 9.17) is 4.74 Å². The lowest BCUT2D eigenvalue weighted by Gasteiger charge is -2.17. The van der Waals surface area contributed by atoms with Crippen LogP contribution >= 0.6 is 0 Å². The molecule has 6 heteroatoms. The third-order valence-electron chi connectivity index (χ3n) is 2.88. The molecule has 0 fully saturated rings. The van der Waals surface area contributed by atoms with Gasteiger partial charge in [-0.25, -0.2) is 4.79 Å². The smallest absolute Gasteiger partial charge is 0.339 e. The molecule has 1 heterocycles. The molecule has 21 heavy (non-hydrogen) atoms. The summed E-state index contributed by atoms with van der Waals surface area (Å²) >= 11 is 0. The van der Waals surface area contributed by atoms with E-state index in [0.29, 0.717) is 10.4 Å². The Hall–Kier alpha value is -2.89. The van der Waals surface area contributed by atoms with Gasteiger partial charge >= 0.3 is 5.97 Å². The van der Waals surface area contributed by atoms with Crippen molar-refractivity contribution < 1.29 is 19.1 Å². The first kappa shape index (κ1) is 14.5. The Morgan fingerprint density at radius 3 is 2.38 bits per heavy atom. The number of likely N-dealkylation sites (N-methyl/N-ethyl adjacent to an activating group) is 1. The van der Waals surface area contributed by atoms with Crippen molar-refractivity contribution in [3.63, 3.8) is 0 Å². The van der Waals surface area contributed by atoms with Gasteiger partial charge in [-0.3, -0.25) is 4.79 Å². The molecule has 0 radical (unpaired) electrons. The highest BCUT2D eigenvalue weighted by atomic mass is 16.5. The second-order valence-corrected chi connectivity index (χ2v) is 4.31. The highest BCUT2D eigenvalue weighted by molar-refractivity contribution is 5.96. The zero-order valence-corrected chi connectivity index (χ0v) is 11.4. The largest absolute Gasteiger partial charge is 0.619 e. The summed E-state index contributed by atoms with van der Waals surface area (Å²) < 4.78 is 5.49. The number of hydrogen-bond acceptors (Lipinski definition) is 4. The standard InChI is InChI=1S/C15H14N2O4/c1-16(13-5-3-2-4-6-13)14(18)11-21-15(19)12-7-9-17(20)10-8-12/h2-10H,11H2,1H3. The normalized spacial score (nSPS) is 9.95. The van der Waals surface area contributed by atoms with Crippen molar-refractivity contribution >= 4 is 17.6 Å². The minimum absolute atomic E-state index is 0.220. The maximum absolute atomic E-state index is 11.9. The van der Waals surface area contributed by atoms with E-state index in [0.717, 1.165) is 0 Å². The lowest BCUT2D eigenvalue weighted by atomic mass is 10.3. The molecular formula is C15H14N2O4. The molecule has 0 atom stereocenters. The molecule has 0 N–H and O–H groups in total. The van der Waals surface area contributed by atoms with Crippen molar-refractivity contribution in [3.8, 4) is 0 Å². The van der Waals surface area contributed by atoms with Crippen LogP contribution in [0.3, 0.4) is 0 Å². The van der Waals surface area contributed by atoms with Crippen molar-refractivity contribution in [1.82, 2.24) is 0 Å². The quantitative estimate of drug-likeness (QED) is 0.480. The van der Waals surface area contributed by atoms with E-state index in [9.17, 15) is 14.8 Å². The number of nitrogens with zero attached hydrogens (tertiary/aromatic N) is 2. The number of ether oxygens (including phenoxy) is 1. The predicted octanol–water partition coefficient (Wildman–Crippen LogP) is 1.14. The average Bonchev–Trinajstić information content (AvgIpc) is 2.53. The van der Waals surface area contributed by atoms with Gasteiger partial charge in [0.2, 0.25) is 0 Å². The highest BCUT2D eigenvalue weighted by Crippen LogP contribution is 2.11. The summed E-state index contributed by atoms with van der Waals surface area (Å²) in [6.45, 7) is -0.365. The molecule has 2 rings (SSSR count). The number of carbonyl (C=O) groups is 2. The molecule has 0 saturated carbocycles. The minimum Gasteiger partial charge on any atom is -0.619 e. The van der Waals surface area contributed by atoms with Gasteiger partial charge in [0.1, 0.15) is 0 Å². The molecule has 6 nitrogen and oxygen atoms in total. The van der Waals surface area contributed by atoms with Gasteiger partial charge in [-0.1, -0.05) is 18.2 Å². The molecule has 0 aliphatic rings. The number of anilines is 1. The van der Waals surface area contributed by atoms with Crippen LogP contribution < -0.4 is 9.63 Å². The minimum atomic E-state index is -0.648. The maximum atomic E-state index is 11.9. The third kappa shape index (κ3) is 3.79. The fourth-order valence-electron chi connectivity index (χ4n) is 1.65. The van der Waals surface area contributed by atoms with Crippen molar-refractivity contribution in [2.45, 2.75) is 0 Å². The summed E-state index contributed by atoms with van der Waals surface area (Å²) in [5, 5.41) is 10.9. The summed E-state index contributed by atoms with van der Waals surface area (Å²) in [5.41, 5.74) is 0.933. The van der Waals surface area contributed by atoms with Crippen LogP contribution in [0.15, 0.2) is 54.9 Å². The number of amides is 1. The molecule has 0 aliphatic heterocycles. The highest BCUT2D eigenvalue weighted by Gasteiger charge is 2.15. The first-order chi connectivity index (χ1) is 10.1. The zero-order valence-electron chi connectivity index (χ0n) is 11.4. The molecule has 1 amide bonds. The van der Waals surface area contributed by atoms with Gasteiger partial charge in [0.25, 0.3) is 5.91 Å². The number of para-hydroxylation sites is 1. The van der Waals surface area contributed by atoms with Gasteiger partial charge in [-0.05, 0) is 12.1 Å².